The largest absolute Gasteiger partial charge is 0.412 e. The molecule has 3 N–H and O–H groups in total. The third-order valence-corrected chi connectivity index (χ3v) is 0. The van der Waals surface area contributed by atoms with Gasteiger partial charge in [0.05, 0.1) is 0 Å². The van der Waals surface area contributed by atoms with Crippen molar-refractivity contribution in [1.29, 1.82) is 0 Å². The highest BCUT2D eigenvalue weighted by molar-refractivity contribution is 6.65. The molecule has 0 aromatic carbocycles. The van der Waals surface area contributed by atoms with E-state index in [0.29, 0.717) is 0 Å². The van der Waals surface area contributed by atoms with Crippen molar-refractivity contribution in [2.75, 3.05) is 0 Å². The van der Waals surface area contributed by atoms with Crippen LogP contribution in [-0.2, 0) is 0 Å². The first-order valence-corrected chi connectivity index (χ1v) is 1.92. The van der Waals surface area contributed by atoms with Gasteiger partial charge in [-0.15, -0.1) is 0 Å². The summed E-state index contributed by atoms with van der Waals surface area (Å²) in [7, 11) is 0. The minimum Gasteiger partial charge on any atom is -0.412 e. The molecule has 0 spiro atoms. The highest BCUT2D eigenvalue weighted by Gasteiger charge is 2.10. The second-order valence-electron chi connectivity index (χ2n) is 0.468. The van der Waals surface area contributed by atoms with Gasteiger partial charge in [-0.1, -0.05) is 34.8 Å². The Kier molecular flexibility index (Phi) is 4.76. The van der Waals surface area contributed by atoms with E-state index in [9.17, 15) is 0 Å². The zero-order chi connectivity index (χ0) is 4.50. The average Bonchev–Trinajstić information content (AvgIpc) is 0.722. The third kappa shape index (κ3) is 110. The Labute approximate surface area is 49.9 Å². The van der Waals surface area contributed by atoms with E-state index in [1.165, 1.54) is 0 Å². The number of halogens is 3. The van der Waals surface area contributed by atoms with Crippen LogP contribution in [0.25, 0.3) is 0 Å². The van der Waals surface area contributed by atoms with Gasteiger partial charge in [0.2, 0.25) is 0 Å². The fourth-order valence-electron chi connectivity index (χ4n) is 0. The molecule has 0 radical (unpaired) electrons. The van der Waals surface area contributed by atoms with E-state index in [2.05, 4.69) is 34.8 Å². The fraction of sp³-hybridized carbons (Fsp3) is 1.00. The molecule has 0 saturated carbocycles. The third-order valence-electron chi connectivity index (χ3n) is 0. The topological polar surface area (TPSA) is 51.7 Å². The Balaban J connectivity index is 0. The molecule has 0 unspecified atom stereocenters. The molecule has 0 fully saturated rings. The highest BCUT2D eigenvalue weighted by Crippen LogP contribution is 2.19. The molecule has 0 aliphatic carbocycles. The highest BCUT2D eigenvalue weighted by atomic mass is 35.6. The van der Waals surface area contributed by atoms with Crippen molar-refractivity contribution in [3.8, 4) is 0 Å². The quantitative estimate of drug-likeness (QED) is 0.506. The van der Waals surface area contributed by atoms with Crippen molar-refractivity contribution < 1.29 is 10.6 Å². The van der Waals surface area contributed by atoms with E-state index in [1.807, 2.05) is 0 Å². The predicted molar refractivity (Wildman–Crippen MR) is 26.1 cm³/mol. The maximum Gasteiger partial charge on any atom is 0.294 e. The number of hydrogen-bond acceptors (Lipinski definition) is 1. The van der Waals surface area contributed by atoms with Crippen molar-refractivity contribution in [2.24, 2.45) is 0 Å². The molecule has 0 saturated heterocycles. The van der Waals surface area contributed by atoms with E-state index in [4.69, 9.17) is 5.11 Å². The van der Waals surface area contributed by atoms with Crippen LogP contribution >= 0.6 is 34.8 Å². The van der Waals surface area contributed by atoms with Crippen molar-refractivity contribution >= 4 is 34.8 Å². The monoisotopic (exact) mass is 152 g/mol. The molecule has 5 heteroatoms. The summed E-state index contributed by atoms with van der Waals surface area (Å²) < 4.78 is -2.08. The zero-order valence-corrected chi connectivity index (χ0v) is 4.85. The maximum atomic E-state index is 7.82. The average molecular weight is 153 g/mol. The number of aliphatic hydroxyl groups is 1. The summed E-state index contributed by atoms with van der Waals surface area (Å²) in [5.41, 5.74) is 0. The first-order chi connectivity index (χ1) is 2.00. The van der Waals surface area contributed by atoms with Gasteiger partial charge in [0.15, 0.2) is 0 Å². The lowest BCUT2D eigenvalue weighted by Crippen LogP contribution is -1.95. The number of hydrogen-bond donors (Lipinski definition) is 1. The Bertz CT molecular complexity index is 24.3. The molecular weight excluding hydrogens is 150 g/mol. The van der Waals surface area contributed by atoms with Crippen molar-refractivity contribution in [3.05, 3.63) is 0 Å². The van der Waals surface area contributed by atoms with E-state index in [1.54, 1.807) is 0 Å². The van der Waals surface area contributed by atoms with Crippen LogP contribution in [0.5, 0.6) is 0 Å². The molecule has 0 rings (SSSR count). The second kappa shape index (κ2) is 2.88. The molecular formula is CH3Cl3O2. The van der Waals surface area contributed by atoms with Gasteiger partial charge in [-0.05, 0) is 0 Å². The summed E-state index contributed by atoms with van der Waals surface area (Å²) in [6, 6.07) is 0. The van der Waals surface area contributed by atoms with Gasteiger partial charge in [0.25, 0.3) is 3.98 Å². The zero-order valence-electron chi connectivity index (χ0n) is 2.58. The maximum absolute atomic E-state index is 7.82. The molecule has 0 aromatic rings. The number of rotatable bonds is 0. The Morgan fingerprint density at radius 2 is 1.17 bits per heavy atom. The first kappa shape index (κ1) is 9.92. The van der Waals surface area contributed by atoms with E-state index in [-0.39, 0.29) is 5.48 Å². The van der Waals surface area contributed by atoms with Crippen molar-refractivity contribution in [2.45, 2.75) is 3.98 Å². The minimum atomic E-state index is -2.08. The molecule has 0 aliphatic rings. The molecule has 0 heterocycles. The first-order valence-electron chi connectivity index (χ1n) is 0.791. The van der Waals surface area contributed by atoms with Gasteiger partial charge >= 0.3 is 0 Å². The molecule has 0 bridgehead atoms. The molecule has 0 aliphatic heterocycles. The van der Waals surface area contributed by atoms with Gasteiger partial charge in [0, 0.05) is 0 Å². The van der Waals surface area contributed by atoms with E-state index >= 15 is 0 Å². The van der Waals surface area contributed by atoms with Crippen LogP contribution in [0.4, 0.5) is 0 Å². The van der Waals surface area contributed by atoms with Gasteiger partial charge < -0.3 is 10.6 Å². The van der Waals surface area contributed by atoms with Crippen LogP contribution in [0.2, 0.25) is 0 Å². The molecule has 0 atom stereocenters. The summed E-state index contributed by atoms with van der Waals surface area (Å²) >= 11 is 13.8. The summed E-state index contributed by atoms with van der Waals surface area (Å²) in [4.78, 5) is 0. The smallest absolute Gasteiger partial charge is 0.294 e. The Morgan fingerprint density at radius 1 is 1.17 bits per heavy atom. The van der Waals surface area contributed by atoms with Crippen LogP contribution in [0, 0.1) is 0 Å². The second-order valence-corrected chi connectivity index (χ2v) is 2.69. The lowest BCUT2D eigenvalue weighted by Gasteiger charge is -1.93. The normalized spacial score (nSPS) is 10.0. The molecule has 0 aromatic heterocycles. The minimum absolute atomic E-state index is 0. The molecule has 40 valence electrons. The van der Waals surface area contributed by atoms with Crippen LogP contribution < -0.4 is 0 Å². The Hall–Kier alpha value is 0.790. The number of alkyl halides is 3. The van der Waals surface area contributed by atoms with Gasteiger partial charge in [-0.3, -0.25) is 0 Å². The van der Waals surface area contributed by atoms with Crippen LogP contribution in [0.1, 0.15) is 0 Å². The molecule has 6 heavy (non-hydrogen) atoms. The lowest BCUT2D eigenvalue weighted by atomic mass is 11.7. The van der Waals surface area contributed by atoms with Crippen molar-refractivity contribution in [3.63, 3.8) is 0 Å². The van der Waals surface area contributed by atoms with Crippen molar-refractivity contribution in [1.82, 2.24) is 0 Å². The Morgan fingerprint density at radius 3 is 1.17 bits per heavy atom. The van der Waals surface area contributed by atoms with Crippen LogP contribution in [0.15, 0.2) is 0 Å². The van der Waals surface area contributed by atoms with Crippen LogP contribution in [0.3, 0.4) is 0 Å². The summed E-state index contributed by atoms with van der Waals surface area (Å²) in [5, 5.41) is 7.82. The summed E-state index contributed by atoms with van der Waals surface area (Å²) in [6.45, 7) is 0. The standard InChI is InChI=1S/CHCl3O.H2O/c2-1(3,4)5;/h5H;1H2. The molecule has 0 amide bonds. The van der Waals surface area contributed by atoms with Gasteiger partial charge in [0.1, 0.15) is 0 Å². The SMILES string of the molecule is O.OC(Cl)(Cl)Cl. The predicted octanol–water partition coefficient (Wildman–Crippen LogP) is 0.482. The lowest BCUT2D eigenvalue weighted by molar-refractivity contribution is 0.297. The van der Waals surface area contributed by atoms with Crippen LogP contribution in [-0.4, -0.2) is 14.6 Å². The van der Waals surface area contributed by atoms with E-state index in [0.717, 1.165) is 0 Å². The summed E-state index contributed by atoms with van der Waals surface area (Å²) in [5.74, 6) is 0. The summed E-state index contributed by atoms with van der Waals surface area (Å²) in [6.07, 6.45) is 0. The van der Waals surface area contributed by atoms with Gasteiger partial charge in [-0.2, -0.15) is 0 Å². The molecule has 2 nitrogen and oxygen atoms in total. The van der Waals surface area contributed by atoms with E-state index < -0.39 is 3.98 Å². The van der Waals surface area contributed by atoms with Gasteiger partial charge in [-0.25, -0.2) is 0 Å². The fourth-order valence-corrected chi connectivity index (χ4v) is 0.